The van der Waals surface area contributed by atoms with Crippen molar-refractivity contribution in [1.29, 1.82) is 0 Å². The number of aryl methyl sites for hydroxylation is 1. The van der Waals surface area contributed by atoms with Gasteiger partial charge in [-0.3, -0.25) is 10.1 Å². The number of furan rings is 1. The lowest BCUT2D eigenvalue weighted by Gasteiger charge is -2.01. The fourth-order valence-electron chi connectivity index (χ4n) is 2.03. The van der Waals surface area contributed by atoms with Gasteiger partial charge in [-0.1, -0.05) is 0 Å². The summed E-state index contributed by atoms with van der Waals surface area (Å²) in [6, 6.07) is 7.78. The van der Waals surface area contributed by atoms with Crippen LogP contribution in [0.25, 0.3) is 6.08 Å². The SMILES string of the molecule is Cc1cc(C2=N/C(=C\c3ccco3)C(=O)O2)ccc1[N+](=O)[O-]. The number of nitro benzene ring substituents is 1. The molecular formula is C15H10N2O5. The van der Waals surface area contributed by atoms with E-state index in [-0.39, 0.29) is 17.3 Å². The molecule has 7 nitrogen and oxygen atoms in total. The van der Waals surface area contributed by atoms with E-state index < -0.39 is 10.9 Å². The van der Waals surface area contributed by atoms with Crippen LogP contribution in [-0.2, 0) is 9.53 Å². The predicted octanol–water partition coefficient (Wildman–Crippen LogP) is 2.84. The van der Waals surface area contributed by atoms with Gasteiger partial charge in [0, 0.05) is 23.3 Å². The zero-order valence-electron chi connectivity index (χ0n) is 11.5. The Hall–Kier alpha value is -3.22. The molecule has 0 N–H and O–H groups in total. The first kappa shape index (κ1) is 13.7. The lowest BCUT2D eigenvalue weighted by atomic mass is 10.1. The molecule has 0 unspecified atom stereocenters. The van der Waals surface area contributed by atoms with Crippen molar-refractivity contribution in [3.63, 3.8) is 0 Å². The van der Waals surface area contributed by atoms with Crippen LogP contribution in [-0.4, -0.2) is 16.8 Å². The smallest absolute Gasteiger partial charge is 0.363 e. The standard InChI is InChI=1S/C15H10N2O5/c1-9-7-10(4-5-13(9)17(19)20)14-16-12(15(18)22-14)8-11-3-2-6-21-11/h2-8H,1H3/b12-8-. The monoisotopic (exact) mass is 298 g/mol. The Labute approximate surface area is 124 Å². The van der Waals surface area contributed by atoms with Gasteiger partial charge in [0.25, 0.3) is 5.69 Å². The molecule has 7 heteroatoms. The van der Waals surface area contributed by atoms with E-state index in [4.69, 9.17) is 9.15 Å². The number of hydrogen-bond acceptors (Lipinski definition) is 6. The minimum absolute atomic E-state index is 0.0000228. The maximum atomic E-state index is 11.8. The molecule has 0 spiro atoms. The number of aliphatic imine (C=N–C) groups is 1. The Morgan fingerprint density at radius 1 is 1.32 bits per heavy atom. The fourth-order valence-corrected chi connectivity index (χ4v) is 2.03. The van der Waals surface area contributed by atoms with Crippen LogP contribution in [0.5, 0.6) is 0 Å². The third-order valence-electron chi connectivity index (χ3n) is 3.08. The van der Waals surface area contributed by atoms with Gasteiger partial charge in [0.15, 0.2) is 5.70 Å². The van der Waals surface area contributed by atoms with Crippen LogP contribution in [0.15, 0.2) is 51.7 Å². The van der Waals surface area contributed by atoms with Gasteiger partial charge in [0.05, 0.1) is 11.2 Å². The van der Waals surface area contributed by atoms with Crippen molar-refractivity contribution in [3.8, 4) is 0 Å². The summed E-state index contributed by atoms with van der Waals surface area (Å²) >= 11 is 0. The molecule has 0 radical (unpaired) electrons. The van der Waals surface area contributed by atoms with Crippen LogP contribution in [0.4, 0.5) is 5.69 Å². The molecule has 1 aliphatic rings. The van der Waals surface area contributed by atoms with E-state index in [1.54, 1.807) is 25.1 Å². The van der Waals surface area contributed by atoms with Gasteiger partial charge < -0.3 is 9.15 Å². The maximum absolute atomic E-state index is 11.8. The Morgan fingerprint density at radius 2 is 2.14 bits per heavy atom. The largest absolute Gasteiger partial charge is 0.465 e. The Kier molecular flexibility index (Phi) is 3.30. The van der Waals surface area contributed by atoms with Crippen molar-refractivity contribution in [2.24, 2.45) is 4.99 Å². The van der Waals surface area contributed by atoms with E-state index in [0.717, 1.165) is 0 Å². The van der Waals surface area contributed by atoms with Gasteiger partial charge in [-0.05, 0) is 31.2 Å². The molecule has 0 saturated heterocycles. The summed E-state index contributed by atoms with van der Waals surface area (Å²) < 4.78 is 10.2. The second-order valence-corrected chi connectivity index (χ2v) is 4.61. The summed E-state index contributed by atoms with van der Waals surface area (Å²) in [6.45, 7) is 1.61. The van der Waals surface area contributed by atoms with E-state index in [2.05, 4.69) is 4.99 Å². The summed E-state index contributed by atoms with van der Waals surface area (Å²) in [5.41, 5.74) is 1.07. The van der Waals surface area contributed by atoms with E-state index in [1.807, 2.05) is 0 Å². The summed E-state index contributed by atoms with van der Waals surface area (Å²) in [5.74, 6) is 0.0000370. The average Bonchev–Trinajstić information content (AvgIpc) is 3.09. The molecule has 0 aliphatic carbocycles. The highest BCUT2D eigenvalue weighted by molar-refractivity contribution is 6.12. The van der Waals surface area contributed by atoms with Crippen molar-refractivity contribution in [2.45, 2.75) is 6.92 Å². The molecule has 1 aromatic carbocycles. The highest BCUT2D eigenvalue weighted by Gasteiger charge is 2.25. The highest BCUT2D eigenvalue weighted by Crippen LogP contribution is 2.23. The molecule has 0 saturated carbocycles. The summed E-state index contributed by atoms with van der Waals surface area (Å²) in [6.07, 6.45) is 2.95. The second kappa shape index (κ2) is 5.28. The molecule has 2 aromatic rings. The normalized spacial score (nSPS) is 15.8. The second-order valence-electron chi connectivity index (χ2n) is 4.61. The Morgan fingerprint density at radius 3 is 2.77 bits per heavy atom. The first-order valence-electron chi connectivity index (χ1n) is 6.36. The summed E-state index contributed by atoms with van der Waals surface area (Å²) in [4.78, 5) is 26.2. The van der Waals surface area contributed by atoms with E-state index >= 15 is 0 Å². The lowest BCUT2D eigenvalue weighted by Crippen LogP contribution is -2.06. The fraction of sp³-hybridized carbons (Fsp3) is 0.0667. The quantitative estimate of drug-likeness (QED) is 0.376. The Balaban J connectivity index is 1.94. The zero-order valence-corrected chi connectivity index (χ0v) is 11.5. The maximum Gasteiger partial charge on any atom is 0.363 e. The number of nitro groups is 1. The van der Waals surface area contributed by atoms with E-state index in [0.29, 0.717) is 16.9 Å². The van der Waals surface area contributed by atoms with Crippen molar-refractivity contribution >= 4 is 23.6 Å². The van der Waals surface area contributed by atoms with Gasteiger partial charge in [0.2, 0.25) is 5.90 Å². The Bertz CT molecular complexity index is 818. The first-order chi connectivity index (χ1) is 10.5. The van der Waals surface area contributed by atoms with Crippen LogP contribution < -0.4 is 0 Å². The molecule has 0 bridgehead atoms. The first-order valence-corrected chi connectivity index (χ1v) is 6.36. The number of cyclic esters (lactones) is 1. The van der Waals surface area contributed by atoms with Gasteiger partial charge in [-0.2, -0.15) is 0 Å². The number of nitrogens with zero attached hydrogens (tertiary/aromatic N) is 2. The number of rotatable bonds is 3. The number of esters is 1. The van der Waals surface area contributed by atoms with Gasteiger partial charge >= 0.3 is 5.97 Å². The molecule has 1 aromatic heterocycles. The van der Waals surface area contributed by atoms with Crippen LogP contribution >= 0.6 is 0 Å². The highest BCUT2D eigenvalue weighted by atomic mass is 16.6. The van der Waals surface area contributed by atoms with Gasteiger partial charge in [-0.15, -0.1) is 0 Å². The predicted molar refractivity (Wildman–Crippen MR) is 77.1 cm³/mol. The molecular weight excluding hydrogens is 288 g/mol. The number of carbonyl (C=O) groups is 1. The van der Waals surface area contributed by atoms with E-state index in [1.165, 1.54) is 24.5 Å². The molecule has 0 amide bonds. The van der Waals surface area contributed by atoms with Crippen molar-refractivity contribution in [1.82, 2.24) is 0 Å². The third kappa shape index (κ3) is 2.51. The zero-order chi connectivity index (χ0) is 15.7. The van der Waals surface area contributed by atoms with Crippen LogP contribution in [0.1, 0.15) is 16.9 Å². The molecule has 0 fully saturated rings. The van der Waals surface area contributed by atoms with Crippen molar-refractivity contribution in [3.05, 3.63) is 69.3 Å². The molecule has 2 heterocycles. The molecule has 1 aliphatic heterocycles. The number of ether oxygens (including phenoxy) is 1. The third-order valence-corrected chi connectivity index (χ3v) is 3.08. The molecule has 110 valence electrons. The minimum atomic E-state index is -0.595. The van der Waals surface area contributed by atoms with Crippen molar-refractivity contribution < 1.29 is 18.9 Å². The molecule has 22 heavy (non-hydrogen) atoms. The van der Waals surface area contributed by atoms with Gasteiger partial charge in [0.1, 0.15) is 5.76 Å². The molecule has 3 rings (SSSR count). The van der Waals surface area contributed by atoms with Crippen LogP contribution in [0, 0.1) is 17.0 Å². The molecule has 0 atom stereocenters. The number of benzene rings is 1. The van der Waals surface area contributed by atoms with E-state index in [9.17, 15) is 14.9 Å². The lowest BCUT2D eigenvalue weighted by molar-refractivity contribution is -0.385. The topological polar surface area (TPSA) is 94.9 Å². The van der Waals surface area contributed by atoms with Gasteiger partial charge in [-0.25, -0.2) is 9.79 Å². The van der Waals surface area contributed by atoms with Crippen LogP contribution in [0.3, 0.4) is 0 Å². The number of hydrogen-bond donors (Lipinski definition) is 0. The summed E-state index contributed by atoms with van der Waals surface area (Å²) in [5, 5.41) is 10.8. The van der Waals surface area contributed by atoms with Crippen molar-refractivity contribution in [2.75, 3.05) is 0 Å². The number of carbonyl (C=O) groups excluding carboxylic acids is 1. The summed E-state index contributed by atoms with van der Waals surface area (Å²) in [7, 11) is 0. The average molecular weight is 298 g/mol. The minimum Gasteiger partial charge on any atom is -0.465 e. The van der Waals surface area contributed by atoms with Crippen LogP contribution in [0.2, 0.25) is 0 Å².